The number of carbonyl (C=O) groups excluding carboxylic acids is 1. The number of piperazine rings is 1. The fourth-order valence-electron chi connectivity index (χ4n) is 3.50. The van der Waals surface area contributed by atoms with Gasteiger partial charge in [-0.1, -0.05) is 12.1 Å². The van der Waals surface area contributed by atoms with Gasteiger partial charge in [0.15, 0.2) is 11.5 Å². The smallest absolute Gasteiger partial charge is 0.259 e. The lowest BCUT2D eigenvalue weighted by molar-refractivity contribution is 0.0618. The van der Waals surface area contributed by atoms with Crippen molar-refractivity contribution in [1.82, 2.24) is 9.80 Å². The molecule has 0 saturated carbocycles. The number of benzene rings is 2. The van der Waals surface area contributed by atoms with E-state index in [0.29, 0.717) is 50.0 Å². The molecule has 0 spiro atoms. The summed E-state index contributed by atoms with van der Waals surface area (Å²) in [6, 6.07) is 7.16. The molecule has 2 aromatic rings. The van der Waals surface area contributed by atoms with Crippen LogP contribution in [0.5, 0.6) is 17.2 Å². The van der Waals surface area contributed by atoms with E-state index in [9.17, 15) is 13.6 Å². The van der Waals surface area contributed by atoms with Crippen molar-refractivity contribution in [1.29, 1.82) is 0 Å². The zero-order valence-electron chi connectivity index (χ0n) is 16.7. The molecule has 1 amide bonds. The van der Waals surface area contributed by atoms with E-state index < -0.39 is 23.1 Å². The van der Waals surface area contributed by atoms with Gasteiger partial charge in [0.1, 0.15) is 17.2 Å². The summed E-state index contributed by atoms with van der Waals surface area (Å²) in [6.07, 6.45) is 0. The summed E-state index contributed by atoms with van der Waals surface area (Å²) in [5.74, 6) is -0.602. The number of rotatable bonds is 6. The Bertz CT molecular complexity index is 863. The molecule has 0 aliphatic carbocycles. The summed E-state index contributed by atoms with van der Waals surface area (Å²) in [7, 11) is 4.68. The third kappa shape index (κ3) is 4.27. The van der Waals surface area contributed by atoms with Crippen LogP contribution in [0.15, 0.2) is 30.3 Å². The molecule has 0 N–H and O–H groups in total. The molecule has 1 aliphatic heterocycles. The Morgan fingerprint density at radius 1 is 0.897 bits per heavy atom. The van der Waals surface area contributed by atoms with Gasteiger partial charge >= 0.3 is 0 Å². The molecular weight excluding hydrogens is 382 g/mol. The average molecular weight is 406 g/mol. The van der Waals surface area contributed by atoms with Gasteiger partial charge in [0.2, 0.25) is 5.75 Å². The Morgan fingerprint density at radius 3 is 2.07 bits per heavy atom. The Balaban J connectivity index is 1.68. The van der Waals surface area contributed by atoms with Crippen LogP contribution in [-0.4, -0.2) is 63.2 Å². The highest BCUT2D eigenvalue weighted by atomic mass is 19.1. The summed E-state index contributed by atoms with van der Waals surface area (Å²) in [5.41, 5.74) is 0.424. The minimum atomic E-state index is -0.840. The van der Waals surface area contributed by atoms with Gasteiger partial charge < -0.3 is 19.1 Å². The molecule has 1 fully saturated rings. The fraction of sp³-hybridized carbons (Fsp3) is 0.381. The molecule has 1 heterocycles. The highest BCUT2D eigenvalue weighted by Gasteiger charge is 2.27. The lowest BCUT2D eigenvalue weighted by Crippen LogP contribution is -2.48. The van der Waals surface area contributed by atoms with Crippen molar-refractivity contribution in [2.24, 2.45) is 0 Å². The lowest BCUT2D eigenvalue weighted by atomic mass is 10.1. The number of nitrogens with zero attached hydrogens (tertiary/aromatic N) is 2. The largest absolute Gasteiger partial charge is 0.493 e. The Hall–Kier alpha value is -2.87. The third-order valence-corrected chi connectivity index (χ3v) is 5.02. The Morgan fingerprint density at radius 2 is 1.52 bits per heavy atom. The minimum absolute atomic E-state index is 0.377. The molecule has 0 radical (unpaired) electrons. The molecule has 1 aliphatic rings. The molecule has 6 nitrogen and oxygen atoms in total. The van der Waals surface area contributed by atoms with Crippen LogP contribution < -0.4 is 14.2 Å². The maximum atomic E-state index is 13.9. The SMILES string of the molecule is COc1ccc(CN2CCN(C(=O)c3c(F)cccc3F)CC2)c(OC)c1OC. The van der Waals surface area contributed by atoms with E-state index in [2.05, 4.69) is 4.90 Å². The summed E-state index contributed by atoms with van der Waals surface area (Å²) in [5, 5.41) is 0. The molecule has 156 valence electrons. The van der Waals surface area contributed by atoms with Gasteiger partial charge in [-0.3, -0.25) is 9.69 Å². The van der Waals surface area contributed by atoms with E-state index in [1.165, 1.54) is 11.0 Å². The van der Waals surface area contributed by atoms with E-state index >= 15 is 0 Å². The van der Waals surface area contributed by atoms with E-state index in [1.807, 2.05) is 12.1 Å². The zero-order valence-corrected chi connectivity index (χ0v) is 16.7. The van der Waals surface area contributed by atoms with Gasteiger partial charge in [0.05, 0.1) is 21.3 Å². The molecule has 0 atom stereocenters. The van der Waals surface area contributed by atoms with Crippen molar-refractivity contribution in [2.75, 3.05) is 47.5 Å². The van der Waals surface area contributed by atoms with Gasteiger partial charge in [0.25, 0.3) is 5.91 Å². The number of methoxy groups -OCH3 is 3. The molecule has 3 rings (SSSR count). The monoisotopic (exact) mass is 406 g/mol. The van der Waals surface area contributed by atoms with Crippen LogP contribution in [0, 0.1) is 11.6 Å². The second-order valence-corrected chi connectivity index (χ2v) is 6.66. The molecule has 2 aromatic carbocycles. The van der Waals surface area contributed by atoms with Crippen LogP contribution in [0.2, 0.25) is 0 Å². The number of ether oxygens (including phenoxy) is 3. The van der Waals surface area contributed by atoms with Crippen molar-refractivity contribution in [3.8, 4) is 17.2 Å². The lowest BCUT2D eigenvalue weighted by Gasteiger charge is -2.35. The summed E-state index contributed by atoms with van der Waals surface area (Å²) in [4.78, 5) is 16.2. The van der Waals surface area contributed by atoms with Crippen molar-refractivity contribution in [2.45, 2.75) is 6.54 Å². The first kappa shape index (κ1) is 20.9. The first-order chi connectivity index (χ1) is 14.0. The van der Waals surface area contributed by atoms with E-state index in [0.717, 1.165) is 17.7 Å². The molecule has 29 heavy (non-hydrogen) atoms. The van der Waals surface area contributed by atoms with Crippen LogP contribution in [0.4, 0.5) is 8.78 Å². The number of halogens is 2. The second kappa shape index (κ2) is 9.09. The van der Waals surface area contributed by atoms with Crippen molar-refractivity contribution in [3.05, 3.63) is 53.1 Å². The summed E-state index contributed by atoms with van der Waals surface area (Å²) >= 11 is 0. The molecule has 0 unspecified atom stereocenters. The van der Waals surface area contributed by atoms with Gasteiger partial charge in [-0.05, 0) is 18.2 Å². The Kier molecular flexibility index (Phi) is 6.53. The first-order valence-corrected chi connectivity index (χ1v) is 9.23. The van der Waals surface area contributed by atoms with Gasteiger partial charge in [-0.15, -0.1) is 0 Å². The highest BCUT2D eigenvalue weighted by Crippen LogP contribution is 2.40. The predicted octanol–water partition coefficient (Wildman–Crippen LogP) is 2.95. The maximum Gasteiger partial charge on any atom is 0.259 e. The summed E-state index contributed by atoms with van der Waals surface area (Å²) < 4.78 is 44.0. The van der Waals surface area contributed by atoms with Crippen molar-refractivity contribution in [3.63, 3.8) is 0 Å². The zero-order chi connectivity index (χ0) is 21.0. The van der Waals surface area contributed by atoms with E-state index in [1.54, 1.807) is 21.3 Å². The number of carbonyl (C=O) groups is 1. The van der Waals surface area contributed by atoms with Gasteiger partial charge in [0, 0.05) is 38.3 Å². The standard InChI is InChI=1S/C21H24F2N2O4/c1-27-17-8-7-14(19(28-2)20(17)29-3)13-24-9-11-25(12-10-24)21(26)18-15(22)5-4-6-16(18)23/h4-8H,9-13H2,1-3H3. The normalized spacial score (nSPS) is 14.6. The fourth-order valence-corrected chi connectivity index (χ4v) is 3.50. The molecule has 0 aromatic heterocycles. The van der Waals surface area contributed by atoms with Gasteiger partial charge in [-0.2, -0.15) is 0 Å². The van der Waals surface area contributed by atoms with Crippen LogP contribution in [-0.2, 0) is 6.54 Å². The van der Waals surface area contributed by atoms with Crippen LogP contribution >= 0.6 is 0 Å². The molecule has 8 heteroatoms. The van der Waals surface area contributed by atoms with E-state index in [-0.39, 0.29) is 0 Å². The number of hydrogen-bond donors (Lipinski definition) is 0. The van der Waals surface area contributed by atoms with Crippen molar-refractivity contribution < 1.29 is 27.8 Å². The quantitative estimate of drug-likeness (QED) is 0.738. The molecular formula is C21H24F2N2O4. The minimum Gasteiger partial charge on any atom is -0.493 e. The second-order valence-electron chi connectivity index (χ2n) is 6.66. The van der Waals surface area contributed by atoms with Crippen LogP contribution in [0.1, 0.15) is 15.9 Å². The third-order valence-electron chi connectivity index (χ3n) is 5.02. The average Bonchev–Trinajstić information content (AvgIpc) is 2.73. The van der Waals surface area contributed by atoms with E-state index in [4.69, 9.17) is 14.2 Å². The van der Waals surface area contributed by atoms with Gasteiger partial charge in [-0.25, -0.2) is 8.78 Å². The Labute approximate surface area is 168 Å². The van der Waals surface area contributed by atoms with Crippen LogP contribution in [0.25, 0.3) is 0 Å². The topological polar surface area (TPSA) is 51.2 Å². The molecule has 1 saturated heterocycles. The molecule has 0 bridgehead atoms. The highest BCUT2D eigenvalue weighted by molar-refractivity contribution is 5.94. The van der Waals surface area contributed by atoms with Crippen LogP contribution in [0.3, 0.4) is 0 Å². The predicted molar refractivity (Wildman–Crippen MR) is 104 cm³/mol. The van der Waals surface area contributed by atoms with Crippen molar-refractivity contribution >= 4 is 5.91 Å². The number of amides is 1. The first-order valence-electron chi connectivity index (χ1n) is 9.23. The maximum absolute atomic E-state index is 13.9. The number of hydrogen-bond acceptors (Lipinski definition) is 5. The summed E-state index contributed by atoms with van der Waals surface area (Å²) in [6.45, 7) is 2.47.